The highest BCUT2D eigenvalue weighted by molar-refractivity contribution is 6.31. The number of benzene rings is 3. The summed E-state index contributed by atoms with van der Waals surface area (Å²) in [4.78, 5) is 40.8. The fourth-order valence-electron chi connectivity index (χ4n) is 4.11. The van der Waals surface area contributed by atoms with Crippen LogP contribution in [0.5, 0.6) is 0 Å². The van der Waals surface area contributed by atoms with Gasteiger partial charge < -0.3 is 20.1 Å². The van der Waals surface area contributed by atoms with Crippen LogP contribution in [0, 0.1) is 0 Å². The van der Waals surface area contributed by atoms with Crippen molar-refractivity contribution >= 4 is 46.8 Å². The van der Waals surface area contributed by atoms with Crippen LogP contribution in [0.25, 0.3) is 0 Å². The summed E-state index contributed by atoms with van der Waals surface area (Å²) in [6, 6.07) is 20.5. The fraction of sp³-hybridized carbons (Fsp3) is 0.192. The van der Waals surface area contributed by atoms with E-state index in [0.29, 0.717) is 26.9 Å². The van der Waals surface area contributed by atoms with Gasteiger partial charge in [0.2, 0.25) is 6.23 Å². The molecule has 0 aliphatic carbocycles. The van der Waals surface area contributed by atoms with Crippen molar-refractivity contribution in [3.63, 3.8) is 0 Å². The van der Waals surface area contributed by atoms with Crippen LogP contribution in [0.15, 0.2) is 72.8 Å². The maximum absolute atomic E-state index is 14.0. The third kappa shape index (κ3) is 5.31. The molecule has 1 heterocycles. The topological polar surface area (TPSA) is 99.2 Å². The minimum absolute atomic E-state index is 0.151. The number of carbonyl (C=O) groups is 3. The summed E-state index contributed by atoms with van der Waals surface area (Å²) in [6.07, 6.45) is -2.50. The Bertz CT molecular complexity index is 1290. The maximum atomic E-state index is 14.0. The van der Waals surface area contributed by atoms with Gasteiger partial charge in [-0.25, -0.2) is 4.79 Å². The molecule has 0 saturated carbocycles. The third-order valence-corrected chi connectivity index (χ3v) is 6.32. The van der Waals surface area contributed by atoms with Crippen molar-refractivity contribution in [1.29, 1.82) is 0 Å². The first-order chi connectivity index (χ1) is 17.3. The number of nitrogens with one attached hydrogen (secondary N) is 1. The van der Waals surface area contributed by atoms with E-state index in [9.17, 15) is 19.5 Å². The van der Waals surface area contributed by atoms with Crippen molar-refractivity contribution < 1.29 is 24.2 Å². The molecule has 0 unspecified atom stereocenters. The molecule has 4 rings (SSSR count). The molecule has 0 aromatic heterocycles. The van der Waals surface area contributed by atoms with Gasteiger partial charge in [-0.05, 0) is 29.8 Å². The van der Waals surface area contributed by atoms with E-state index in [1.165, 1.54) is 11.9 Å². The molecule has 186 valence electrons. The molecule has 3 aromatic rings. The van der Waals surface area contributed by atoms with E-state index in [1.807, 2.05) is 30.3 Å². The van der Waals surface area contributed by atoms with Crippen LogP contribution >= 0.6 is 23.2 Å². The van der Waals surface area contributed by atoms with E-state index in [-0.39, 0.29) is 6.54 Å². The van der Waals surface area contributed by atoms with Crippen molar-refractivity contribution in [2.45, 2.75) is 18.9 Å². The Morgan fingerprint density at radius 3 is 2.39 bits per heavy atom. The van der Waals surface area contributed by atoms with Crippen molar-refractivity contribution in [2.75, 3.05) is 18.5 Å². The number of nitrogens with zero attached hydrogens (tertiary/aromatic N) is 2. The Kier molecular flexibility index (Phi) is 7.79. The lowest BCUT2D eigenvalue weighted by molar-refractivity contribution is -0.150. The number of anilines is 1. The van der Waals surface area contributed by atoms with Crippen LogP contribution in [0.1, 0.15) is 22.8 Å². The number of hydrogen-bond donors (Lipinski definition) is 2. The highest BCUT2D eigenvalue weighted by atomic mass is 35.5. The lowest BCUT2D eigenvalue weighted by atomic mass is 9.99. The quantitative estimate of drug-likeness (QED) is 0.484. The largest absolute Gasteiger partial charge is 0.480 e. The Morgan fingerprint density at radius 1 is 1.03 bits per heavy atom. The van der Waals surface area contributed by atoms with Crippen molar-refractivity contribution in [1.82, 2.24) is 10.2 Å². The Hall–Kier alpha value is -3.59. The van der Waals surface area contributed by atoms with Crippen LogP contribution in [0.3, 0.4) is 0 Å². The molecule has 0 saturated heterocycles. The van der Waals surface area contributed by atoms with Gasteiger partial charge in [0.15, 0.2) is 0 Å². The summed E-state index contributed by atoms with van der Waals surface area (Å²) in [7, 11) is 1.35. The SMILES string of the molecule is CNC(=O)N(CC(=O)O)[C@H]1O[C@H](c2ccccc2Cl)c2cc(Cl)ccc2N(Cc2ccccc2)C1=O. The molecule has 1 aliphatic heterocycles. The average Bonchev–Trinajstić information content (AvgIpc) is 2.98. The van der Waals surface area contributed by atoms with Gasteiger partial charge in [-0.2, -0.15) is 0 Å². The van der Waals surface area contributed by atoms with E-state index in [2.05, 4.69) is 5.32 Å². The number of hydrogen-bond acceptors (Lipinski definition) is 4. The molecule has 36 heavy (non-hydrogen) atoms. The number of amides is 3. The minimum atomic E-state index is -1.57. The first kappa shape index (κ1) is 25.5. The number of carbonyl (C=O) groups excluding carboxylic acids is 2. The van der Waals surface area contributed by atoms with Crippen LogP contribution in [-0.2, 0) is 20.9 Å². The number of carboxylic acids is 1. The molecule has 1 aliphatic rings. The number of fused-ring (bicyclic) bond motifs is 1. The summed E-state index contributed by atoms with van der Waals surface area (Å²) in [5.74, 6) is -1.91. The van der Waals surface area contributed by atoms with Gasteiger partial charge in [0, 0.05) is 28.2 Å². The zero-order valence-electron chi connectivity index (χ0n) is 19.2. The number of halogens is 2. The lowest BCUT2D eigenvalue weighted by Gasteiger charge is -2.32. The predicted molar refractivity (Wildman–Crippen MR) is 136 cm³/mol. The molecular weight excluding hydrogens is 505 g/mol. The number of ether oxygens (including phenoxy) is 1. The highest BCUT2D eigenvalue weighted by Crippen LogP contribution is 2.42. The smallest absolute Gasteiger partial charge is 0.323 e. The Balaban J connectivity index is 1.93. The molecule has 2 atom stereocenters. The number of urea groups is 1. The van der Waals surface area contributed by atoms with Gasteiger partial charge in [0.25, 0.3) is 5.91 Å². The molecule has 2 N–H and O–H groups in total. The van der Waals surface area contributed by atoms with Crippen molar-refractivity contribution in [2.24, 2.45) is 0 Å². The summed E-state index contributed by atoms with van der Waals surface area (Å²) in [6.45, 7) is -0.611. The minimum Gasteiger partial charge on any atom is -0.480 e. The van der Waals surface area contributed by atoms with E-state index in [0.717, 1.165) is 10.5 Å². The zero-order valence-corrected chi connectivity index (χ0v) is 20.7. The average molecular weight is 528 g/mol. The molecule has 0 fully saturated rings. The van der Waals surface area contributed by atoms with E-state index < -0.39 is 36.8 Å². The van der Waals surface area contributed by atoms with Gasteiger partial charge in [-0.3, -0.25) is 14.5 Å². The molecule has 3 amide bonds. The lowest BCUT2D eigenvalue weighted by Crippen LogP contribution is -2.55. The van der Waals surface area contributed by atoms with Crippen LogP contribution in [0.4, 0.5) is 10.5 Å². The second-order valence-corrected chi connectivity index (χ2v) is 8.92. The highest BCUT2D eigenvalue weighted by Gasteiger charge is 2.42. The fourth-order valence-corrected chi connectivity index (χ4v) is 4.52. The number of carboxylic acid groups (broad SMARTS) is 1. The Labute approximate surface area is 218 Å². The third-order valence-electron chi connectivity index (χ3n) is 5.74. The monoisotopic (exact) mass is 527 g/mol. The summed E-state index contributed by atoms with van der Waals surface area (Å²) in [5.41, 5.74) is 2.42. The van der Waals surface area contributed by atoms with Gasteiger partial charge in [-0.15, -0.1) is 0 Å². The van der Waals surface area contributed by atoms with E-state index in [1.54, 1.807) is 42.5 Å². The molecule has 0 bridgehead atoms. The van der Waals surface area contributed by atoms with Gasteiger partial charge >= 0.3 is 12.0 Å². The van der Waals surface area contributed by atoms with Crippen LogP contribution in [-0.4, -0.2) is 47.7 Å². The molecular formula is C26H23Cl2N3O5. The normalized spacial score (nSPS) is 17.2. The van der Waals surface area contributed by atoms with Crippen LogP contribution in [0.2, 0.25) is 10.0 Å². The standard InChI is InChI=1S/C26H23Cl2N3O5/c1-29-26(35)31(15-22(32)33)25-24(34)30(14-16-7-3-2-4-8-16)21-12-11-17(27)13-19(21)23(36-25)18-9-5-6-10-20(18)28/h2-13,23,25H,14-15H2,1H3,(H,29,35)(H,32,33)/t23-,25+/m1/s1. The van der Waals surface area contributed by atoms with Gasteiger partial charge in [0.05, 0.1) is 12.2 Å². The zero-order chi connectivity index (χ0) is 25.8. The summed E-state index contributed by atoms with van der Waals surface area (Å²) < 4.78 is 6.29. The van der Waals surface area contributed by atoms with E-state index in [4.69, 9.17) is 27.9 Å². The molecule has 10 heteroatoms. The first-order valence-electron chi connectivity index (χ1n) is 11.0. The molecule has 0 spiro atoms. The van der Waals surface area contributed by atoms with Gasteiger partial charge in [0.1, 0.15) is 12.6 Å². The van der Waals surface area contributed by atoms with E-state index >= 15 is 0 Å². The molecule has 8 nitrogen and oxygen atoms in total. The summed E-state index contributed by atoms with van der Waals surface area (Å²) in [5, 5.41) is 12.7. The predicted octanol–water partition coefficient (Wildman–Crippen LogP) is 4.70. The second kappa shape index (κ2) is 11.0. The molecule has 3 aromatic carbocycles. The summed E-state index contributed by atoms with van der Waals surface area (Å²) >= 11 is 12.9. The first-order valence-corrected chi connectivity index (χ1v) is 11.8. The van der Waals surface area contributed by atoms with Crippen LogP contribution < -0.4 is 10.2 Å². The Morgan fingerprint density at radius 2 is 1.72 bits per heavy atom. The molecule has 0 radical (unpaired) electrons. The van der Waals surface area contributed by atoms with Crippen molar-refractivity contribution in [3.8, 4) is 0 Å². The van der Waals surface area contributed by atoms with Crippen molar-refractivity contribution in [3.05, 3.63) is 99.5 Å². The second-order valence-electron chi connectivity index (χ2n) is 8.08. The number of rotatable bonds is 6. The van der Waals surface area contributed by atoms with Gasteiger partial charge in [-0.1, -0.05) is 71.7 Å². The number of aliphatic carboxylic acids is 1. The maximum Gasteiger partial charge on any atom is 0.323 e.